The van der Waals surface area contributed by atoms with Crippen LogP contribution in [0.2, 0.25) is 0 Å². The van der Waals surface area contributed by atoms with E-state index < -0.39 is 0 Å². The minimum absolute atomic E-state index is 0. The van der Waals surface area contributed by atoms with Gasteiger partial charge in [-0.15, -0.1) is 24.0 Å². The normalized spacial score (nSPS) is 26.5. The highest BCUT2D eigenvalue weighted by molar-refractivity contribution is 14.0. The number of hydrogen-bond acceptors (Lipinski definition) is 4. The second-order valence-corrected chi connectivity index (χ2v) is 7.60. The highest BCUT2D eigenvalue weighted by atomic mass is 127. The highest BCUT2D eigenvalue weighted by Gasteiger charge is 2.36. The Morgan fingerprint density at radius 3 is 2.96 bits per heavy atom. The van der Waals surface area contributed by atoms with E-state index in [0.717, 1.165) is 30.0 Å². The van der Waals surface area contributed by atoms with Gasteiger partial charge in [-0.2, -0.15) is 11.8 Å². The molecule has 0 saturated carbocycles. The summed E-state index contributed by atoms with van der Waals surface area (Å²) in [5.41, 5.74) is 7.48. The van der Waals surface area contributed by atoms with Gasteiger partial charge < -0.3 is 20.7 Å². The lowest BCUT2D eigenvalue weighted by Gasteiger charge is -2.34. The number of thioether (sulfide) groups is 1. The minimum atomic E-state index is 0. The topological polar surface area (TPSA) is 62.9 Å². The van der Waals surface area contributed by atoms with Crippen molar-refractivity contribution in [3.63, 3.8) is 0 Å². The fraction of sp³-hybridized carbons (Fsp3) is 0.588. The third-order valence-electron chi connectivity index (χ3n) is 4.86. The molecule has 0 spiro atoms. The molecule has 1 aromatic rings. The van der Waals surface area contributed by atoms with Crippen molar-refractivity contribution >= 4 is 41.7 Å². The van der Waals surface area contributed by atoms with Crippen molar-refractivity contribution in [2.75, 3.05) is 38.8 Å². The van der Waals surface area contributed by atoms with Gasteiger partial charge in [-0.1, -0.05) is 18.2 Å². The fourth-order valence-electron chi connectivity index (χ4n) is 3.16. The molecule has 3 rings (SSSR count). The average Bonchev–Trinajstić information content (AvgIpc) is 3.04. The van der Waals surface area contributed by atoms with Gasteiger partial charge >= 0.3 is 0 Å². The number of nitrogens with zero attached hydrogens (tertiary/aromatic N) is 2. The predicted octanol–water partition coefficient (Wildman–Crippen LogP) is 2.47. The van der Waals surface area contributed by atoms with Gasteiger partial charge in [0.05, 0.1) is 19.2 Å². The van der Waals surface area contributed by atoms with Crippen LogP contribution in [0.1, 0.15) is 24.4 Å². The fourth-order valence-corrected chi connectivity index (χ4v) is 4.71. The van der Waals surface area contributed by atoms with Gasteiger partial charge in [0.1, 0.15) is 5.75 Å². The molecule has 2 unspecified atom stereocenters. The Morgan fingerprint density at radius 2 is 2.25 bits per heavy atom. The number of hydrogen-bond donors (Lipinski definition) is 2. The molecule has 2 aliphatic heterocycles. The van der Waals surface area contributed by atoms with Crippen molar-refractivity contribution in [3.8, 4) is 5.75 Å². The summed E-state index contributed by atoms with van der Waals surface area (Å²) in [7, 11) is 4.28. The lowest BCUT2D eigenvalue weighted by molar-refractivity contribution is 0.190. The van der Waals surface area contributed by atoms with Gasteiger partial charge in [-0.25, -0.2) is 0 Å². The van der Waals surface area contributed by atoms with Crippen molar-refractivity contribution in [3.05, 3.63) is 29.8 Å². The number of para-hydroxylation sites is 1. The maximum Gasteiger partial charge on any atom is 0.189 e. The maximum atomic E-state index is 6.17. The van der Waals surface area contributed by atoms with Crippen molar-refractivity contribution in [2.24, 2.45) is 10.7 Å². The Kier molecular flexibility index (Phi) is 7.06. The minimum Gasteiger partial charge on any atom is -0.493 e. The molecule has 2 aliphatic rings. The van der Waals surface area contributed by atoms with Crippen molar-refractivity contribution in [1.82, 2.24) is 10.2 Å². The molecule has 24 heavy (non-hydrogen) atoms. The standard InChI is InChI=1S/C17H26N4OS.HI/c1-21(2)17(8-10-23-12-17)11-19-16(18)20-14-7-9-22-15-6-4-3-5-13(14)15;/h3-6,14H,7-12H2,1-2H3,(H3,18,19,20);1H. The van der Waals surface area contributed by atoms with Crippen LogP contribution in [-0.4, -0.2) is 55.2 Å². The smallest absolute Gasteiger partial charge is 0.189 e. The Hall–Kier alpha value is -0.670. The number of likely N-dealkylation sites (N-methyl/N-ethyl adjacent to an activating group) is 1. The Labute approximate surface area is 165 Å². The number of halogens is 1. The van der Waals surface area contributed by atoms with E-state index in [4.69, 9.17) is 10.5 Å². The predicted molar refractivity (Wildman–Crippen MR) is 113 cm³/mol. The van der Waals surface area contributed by atoms with Crippen LogP contribution < -0.4 is 15.8 Å². The van der Waals surface area contributed by atoms with Crippen LogP contribution in [0.25, 0.3) is 0 Å². The van der Waals surface area contributed by atoms with Crippen molar-refractivity contribution < 1.29 is 4.74 Å². The van der Waals surface area contributed by atoms with E-state index in [2.05, 4.69) is 35.4 Å². The molecule has 2 heterocycles. The van der Waals surface area contributed by atoms with Gasteiger partial charge in [-0.05, 0) is 32.3 Å². The number of guanidine groups is 1. The Balaban J connectivity index is 0.00000208. The van der Waals surface area contributed by atoms with Gasteiger partial charge in [-0.3, -0.25) is 4.99 Å². The van der Waals surface area contributed by atoms with Gasteiger partial charge in [0.2, 0.25) is 0 Å². The summed E-state index contributed by atoms with van der Waals surface area (Å²) in [6, 6.07) is 8.31. The largest absolute Gasteiger partial charge is 0.493 e. The zero-order chi connectivity index (χ0) is 16.3. The monoisotopic (exact) mass is 462 g/mol. The third kappa shape index (κ3) is 4.29. The highest BCUT2D eigenvalue weighted by Crippen LogP contribution is 2.33. The van der Waals surface area contributed by atoms with Gasteiger partial charge in [0.25, 0.3) is 0 Å². The number of nitrogens with two attached hydrogens (primary N) is 1. The first-order valence-electron chi connectivity index (χ1n) is 8.14. The van der Waals surface area contributed by atoms with Crippen LogP contribution in [0, 0.1) is 0 Å². The SMILES string of the molecule is CN(C)C1(CN=C(N)NC2CCOc3ccccc32)CCSC1.I. The van der Waals surface area contributed by atoms with E-state index in [1.165, 1.54) is 12.2 Å². The molecular weight excluding hydrogens is 435 g/mol. The lowest BCUT2D eigenvalue weighted by atomic mass is 9.98. The van der Waals surface area contributed by atoms with E-state index in [-0.39, 0.29) is 35.6 Å². The Morgan fingerprint density at radius 1 is 1.46 bits per heavy atom. The first kappa shape index (κ1) is 19.7. The summed E-state index contributed by atoms with van der Waals surface area (Å²) in [5, 5.41) is 3.38. The van der Waals surface area contributed by atoms with Crippen LogP contribution in [-0.2, 0) is 0 Å². The molecule has 0 radical (unpaired) electrons. The summed E-state index contributed by atoms with van der Waals surface area (Å²) in [4.78, 5) is 6.95. The number of benzene rings is 1. The van der Waals surface area contributed by atoms with E-state index in [0.29, 0.717) is 12.6 Å². The van der Waals surface area contributed by atoms with Crippen LogP contribution >= 0.6 is 35.7 Å². The molecule has 2 atom stereocenters. The summed E-state index contributed by atoms with van der Waals surface area (Å²) in [6.45, 7) is 1.46. The zero-order valence-corrected chi connectivity index (χ0v) is 17.5. The van der Waals surface area contributed by atoms with Crippen molar-refractivity contribution in [2.45, 2.75) is 24.4 Å². The van der Waals surface area contributed by atoms with E-state index >= 15 is 0 Å². The first-order chi connectivity index (χ1) is 11.1. The number of fused-ring (bicyclic) bond motifs is 1. The molecule has 1 saturated heterocycles. The van der Waals surface area contributed by atoms with Crippen molar-refractivity contribution in [1.29, 1.82) is 0 Å². The second-order valence-electron chi connectivity index (χ2n) is 6.49. The molecule has 1 aromatic carbocycles. The summed E-state index contributed by atoms with van der Waals surface area (Å²) >= 11 is 2.00. The molecule has 5 nitrogen and oxygen atoms in total. The molecule has 134 valence electrons. The van der Waals surface area contributed by atoms with E-state index in [9.17, 15) is 0 Å². The number of ether oxygens (including phenoxy) is 1. The number of aliphatic imine (C=N–C) groups is 1. The van der Waals surface area contributed by atoms with Gasteiger partial charge in [0.15, 0.2) is 5.96 Å². The van der Waals surface area contributed by atoms with Crippen LogP contribution in [0.5, 0.6) is 5.75 Å². The van der Waals surface area contributed by atoms with Crippen LogP contribution in [0.4, 0.5) is 0 Å². The first-order valence-corrected chi connectivity index (χ1v) is 9.30. The third-order valence-corrected chi connectivity index (χ3v) is 6.09. The van der Waals surface area contributed by atoms with E-state index in [1.54, 1.807) is 0 Å². The molecule has 0 aliphatic carbocycles. The summed E-state index contributed by atoms with van der Waals surface area (Å²) in [6.07, 6.45) is 2.07. The average molecular weight is 462 g/mol. The number of nitrogens with one attached hydrogen (secondary N) is 1. The Bertz CT molecular complexity index is 575. The lowest BCUT2D eigenvalue weighted by Crippen LogP contribution is -2.48. The van der Waals surface area contributed by atoms with Gasteiger partial charge in [0, 0.05) is 23.3 Å². The molecule has 1 fully saturated rings. The molecule has 7 heteroatoms. The number of rotatable bonds is 4. The van der Waals surface area contributed by atoms with Crippen LogP contribution in [0.15, 0.2) is 29.3 Å². The molecular formula is C17H27IN4OS. The summed E-state index contributed by atoms with van der Waals surface area (Å²) in [5.74, 6) is 3.80. The molecule has 0 bridgehead atoms. The summed E-state index contributed by atoms with van der Waals surface area (Å²) < 4.78 is 5.69. The molecule has 3 N–H and O–H groups in total. The maximum absolute atomic E-state index is 6.17. The van der Waals surface area contributed by atoms with E-state index in [1.807, 2.05) is 30.0 Å². The zero-order valence-electron chi connectivity index (χ0n) is 14.3. The molecule has 0 amide bonds. The van der Waals surface area contributed by atoms with Crippen LogP contribution in [0.3, 0.4) is 0 Å². The quantitative estimate of drug-likeness (QED) is 0.409. The molecule has 0 aromatic heterocycles. The second kappa shape index (κ2) is 8.62.